The zero-order chi connectivity index (χ0) is 12.6. The smallest absolute Gasteiger partial charge is 0.104 e. The minimum atomic E-state index is 0.156. The van der Waals surface area contributed by atoms with Gasteiger partial charge in [-0.1, -0.05) is 12.6 Å². The van der Waals surface area contributed by atoms with Crippen molar-refractivity contribution in [2.24, 2.45) is 0 Å². The highest BCUT2D eigenvalue weighted by atomic mass is 28.2. The lowest BCUT2D eigenvalue weighted by molar-refractivity contribution is 0.0260. The lowest BCUT2D eigenvalue weighted by atomic mass is 10.1. The Labute approximate surface area is 112 Å². The molecule has 2 rings (SSSR count). The molecule has 0 amide bonds. The Morgan fingerprint density at radius 1 is 1.17 bits per heavy atom. The van der Waals surface area contributed by atoms with Crippen LogP contribution in [0.2, 0.25) is 12.6 Å². The fourth-order valence-electron chi connectivity index (χ4n) is 1.94. The van der Waals surface area contributed by atoms with Gasteiger partial charge in [0.25, 0.3) is 0 Å². The normalized spacial score (nSPS) is 27.8. The zero-order valence-corrected chi connectivity index (χ0v) is 12.9. The van der Waals surface area contributed by atoms with Crippen LogP contribution in [-0.4, -0.2) is 60.9 Å². The second-order valence-corrected chi connectivity index (χ2v) is 6.93. The van der Waals surface area contributed by atoms with Gasteiger partial charge in [0, 0.05) is 16.1 Å². The van der Waals surface area contributed by atoms with Gasteiger partial charge in [-0.2, -0.15) is 0 Å². The van der Waals surface area contributed by atoms with Crippen molar-refractivity contribution in [3.63, 3.8) is 0 Å². The van der Waals surface area contributed by atoms with Gasteiger partial charge in [0.2, 0.25) is 0 Å². The summed E-state index contributed by atoms with van der Waals surface area (Å²) in [5, 5.41) is 0. The Bertz CT molecular complexity index is 219. The van der Waals surface area contributed by atoms with E-state index in [9.17, 15) is 0 Å². The fourth-order valence-corrected chi connectivity index (χ4v) is 2.81. The molecule has 0 aliphatic carbocycles. The Morgan fingerprint density at radius 2 is 1.89 bits per heavy atom. The van der Waals surface area contributed by atoms with Gasteiger partial charge in [-0.3, -0.25) is 0 Å². The van der Waals surface area contributed by atoms with Crippen LogP contribution >= 0.6 is 0 Å². The van der Waals surface area contributed by atoms with Crippen LogP contribution in [0, 0.1) is 0 Å². The van der Waals surface area contributed by atoms with Crippen LogP contribution < -0.4 is 0 Å². The minimum absolute atomic E-state index is 0.156. The predicted molar refractivity (Wildman–Crippen MR) is 73.1 cm³/mol. The Hall–Kier alpha value is 0.0569. The third-order valence-electron chi connectivity index (χ3n) is 3.32. The quantitative estimate of drug-likeness (QED) is 0.302. The molecule has 2 aliphatic heterocycles. The molecule has 4 nitrogen and oxygen atoms in total. The molecule has 106 valence electrons. The number of hydrogen-bond acceptors (Lipinski definition) is 4. The van der Waals surface area contributed by atoms with Crippen molar-refractivity contribution in [2.75, 3.05) is 33.0 Å². The van der Waals surface area contributed by atoms with Crippen molar-refractivity contribution in [2.45, 2.75) is 50.2 Å². The van der Waals surface area contributed by atoms with Gasteiger partial charge in [-0.15, -0.1) is 0 Å². The van der Waals surface area contributed by atoms with E-state index in [1.165, 1.54) is 12.5 Å². The van der Waals surface area contributed by atoms with E-state index >= 15 is 0 Å². The molecular formula is C13H26O4Si. The van der Waals surface area contributed by atoms with Gasteiger partial charge in [0.15, 0.2) is 0 Å². The van der Waals surface area contributed by atoms with E-state index in [-0.39, 0.29) is 9.52 Å². The van der Waals surface area contributed by atoms with Gasteiger partial charge in [-0.25, -0.2) is 0 Å². The molecule has 2 fully saturated rings. The first-order chi connectivity index (χ1) is 8.88. The zero-order valence-electron chi connectivity index (χ0n) is 11.4. The lowest BCUT2D eigenvalue weighted by Gasteiger charge is -2.17. The predicted octanol–water partition coefficient (Wildman–Crippen LogP) is 0.991. The van der Waals surface area contributed by atoms with Crippen molar-refractivity contribution >= 4 is 9.52 Å². The maximum Gasteiger partial charge on any atom is 0.104 e. The highest BCUT2D eigenvalue weighted by Crippen LogP contribution is 2.15. The van der Waals surface area contributed by atoms with Gasteiger partial charge in [-0.05, 0) is 19.3 Å². The third kappa shape index (κ3) is 6.85. The summed E-state index contributed by atoms with van der Waals surface area (Å²) in [6, 6.07) is 1.38. The fraction of sp³-hybridized carbons (Fsp3) is 1.00. The molecule has 5 heteroatoms. The molecule has 2 aliphatic rings. The third-order valence-corrected chi connectivity index (χ3v) is 4.44. The van der Waals surface area contributed by atoms with Crippen molar-refractivity contribution in [3.05, 3.63) is 0 Å². The second kappa shape index (κ2) is 8.27. The monoisotopic (exact) mass is 274 g/mol. The molecule has 0 bridgehead atoms. The van der Waals surface area contributed by atoms with Crippen molar-refractivity contribution in [1.29, 1.82) is 0 Å². The maximum atomic E-state index is 5.93. The number of epoxide rings is 2. The summed E-state index contributed by atoms with van der Waals surface area (Å²) in [7, 11) is 0.156. The molecule has 0 aromatic rings. The second-order valence-electron chi connectivity index (χ2n) is 5.23. The molecule has 0 N–H and O–H groups in total. The van der Waals surface area contributed by atoms with E-state index in [2.05, 4.69) is 6.55 Å². The molecule has 3 atom stereocenters. The molecule has 0 saturated carbocycles. The number of ether oxygens (including phenoxy) is 4. The van der Waals surface area contributed by atoms with E-state index in [1.807, 2.05) is 0 Å². The van der Waals surface area contributed by atoms with Crippen LogP contribution in [0.4, 0.5) is 0 Å². The Kier molecular flexibility index (Phi) is 6.65. The SMILES string of the molecule is C[SiH2]CCC(CCCOCC1CO1)OCC1CO1. The van der Waals surface area contributed by atoms with E-state index in [0.29, 0.717) is 18.3 Å². The first kappa shape index (κ1) is 14.5. The molecular weight excluding hydrogens is 248 g/mol. The summed E-state index contributed by atoms with van der Waals surface area (Å²) in [5.41, 5.74) is 0. The van der Waals surface area contributed by atoms with Gasteiger partial charge >= 0.3 is 0 Å². The van der Waals surface area contributed by atoms with Crippen LogP contribution in [0.3, 0.4) is 0 Å². The highest BCUT2D eigenvalue weighted by molar-refractivity contribution is 6.33. The van der Waals surface area contributed by atoms with Crippen LogP contribution in [0.25, 0.3) is 0 Å². The van der Waals surface area contributed by atoms with Gasteiger partial charge in [0.1, 0.15) is 12.2 Å². The van der Waals surface area contributed by atoms with Gasteiger partial charge < -0.3 is 18.9 Å². The average Bonchev–Trinajstić information content (AvgIpc) is 3.25. The summed E-state index contributed by atoms with van der Waals surface area (Å²) < 4.78 is 21.8. The van der Waals surface area contributed by atoms with E-state index < -0.39 is 0 Å². The van der Waals surface area contributed by atoms with E-state index in [0.717, 1.165) is 45.9 Å². The van der Waals surface area contributed by atoms with Crippen molar-refractivity contribution in [1.82, 2.24) is 0 Å². The summed E-state index contributed by atoms with van der Waals surface area (Å²) in [6.07, 6.45) is 4.62. The highest BCUT2D eigenvalue weighted by Gasteiger charge is 2.24. The van der Waals surface area contributed by atoms with Crippen LogP contribution in [0.1, 0.15) is 19.3 Å². The maximum absolute atomic E-state index is 5.93. The van der Waals surface area contributed by atoms with Crippen LogP contribution in [-0.2, 0) is 18.9 Å². The average molecular weight is 274 g/mol. The molecule has 0 radical (unpaired) electrons. The summed E-state index contributed by atoms with van der Waals surface area (Å²) in [5.74, 6) is 0. The molecule has 0 aromatic carbocycles. The molecule has 0 spiro atoms. The molecule has 2 heterocycles. The number of rotatable bonds is 12. The topological polar surface area (TPSA) is 43.5 Å². The molecule has 3 unspecified atom stereocenters. The van der Waals surface area contributed by atoms with Crippen LogP contribution in [0.15, 0.2) is 0 Å². The van der Waals surface area contributed by atoms with Crippen molar-refractivity contribution < 1.29 is 18.9 Å². The summed E-state index contributed by atoms with van der Waals surface area (Å²) in [6.45, 7) is 6.52. The summed E-state index contributed by atoms with van der Waals surface area (Å²) >= 11 is 0. The molecule has 2 saturated heterocycles. The molecule has 18 heavy (non-hydrogen) atoms. The first-order valence-corrected chi connectivity index (χ1v) is 9.72. The van der Waals surface area contributed by atoms with Crippen LogP contribution in [0.5, 0.6) is 0 Å². The van der Waals surface area contributed by atoms with E-state index in [4.69, 9.17) is 18.9 Å². The Morgan fingerprint density at radius 3 is 2.56 bits per heavy atom. The first-order valence-electron chi connectivity index (χ1n) is 7.31. The molecule has 0 aromatic heterocycles. The largest absolute Gasteiger partial charge is 0.379 e. The minimum Gasteiger partial charge on any atom is -0.379 e. The van der Waals surface area contributed by atoms with Gasteiger partial charge in [0.05, 0.1) is 32.5 Å². The van der Waals surface area contributed by atoms with E-state index in [1.54, 1.807) is 0 Å². The summed E-state index contributed by atoms with van der Waals surface area (Å²) in [4.78, 5) is 0. The number of hydrogen-bond donors (Lipinski definition) is 0. The standard InChI is InChI=1S/C13H26O4Si/c1-18-6-4-11(15-9-13-10-17-13)3-2-5-14-7-12-8-16-12/h11-13H,2-10,18H2,1H3. The lowest BCUT2D eigenvalue weighted by Crippen LogP contribution is -2.17. The Balaban J connectivity index is 1.47. The van der Waals surface area contributed by atoms with Crippen molar-refractivity contribution in [3.8, 4) is 0 Å².